The number of benzene rings is 2. The summed E-state index contributed by atoms with van der Waals surface area (Å²) in [6.07, 6.45) is 0. The third kappa shape index (κ3) is 3.18. The number of fused-ring (bicyclic) bond motifs is 2. The van der Waals surface area contributed by atoms with Gasteiger partial charge in [-0.15, -0.1) is 0 Å². The predicted molar refractivity (Wildman–Crippen MR) is 113 cm³/mol. The van der Waals surface area contributed by atoms with Crippen LogP contribution in [0, 0.1) is 0 Å². The fraction of sp³-hybridized carbons (Fsp3) is 0.190. The van der Waals surface area contributed by atoms with Crippen LogP contribution in [0.25, 0.3) is 11.3 Å². The largest absolute Gasteiger partial charge is 0.497 e. The van der Waals surface area contributed by atoms with Crippen molar-refractivity contribution in [3.8, 4) is 22.8 Å². The van der Waals surface area contributed by atoms with Crippen LogP contribution in [0.2, 0.25) is 0 Å². The first-order chi connectivity index (χ1) is 15.2. The van der Waals surface area contributed by atoms with E-state index in [2.05, 4.69) is 31.0 Å². The second-order valence-corrected chi connectivity index (χ2v) is 6.90. The average molecular weight is 417 g/mol. The molecule has 1 aliphatic heterocycles. The number of methoxy groups -OCH3 is 1. The number of tetrazole rings is 1. The number of hydrogen-bond acceptors (Lipinski definition) is 8. The van der Waals surface area contributed by atoms with Crippen LogP contribution in [0.1, 0.15) is 24.1 Å². The van der Waals surface area contributed by atoms with Crippen molar-refractivity contribution in [3.05, 3.63) is 70.0 Å². The lowest BCUT2D eigenvalue weighted by Crippen LogP contribution is -2.29. The van der Waals surface area contributed by atoms with Crippen LogP contribution in [-0.4, -0.2) is 44.1 Å². The van der Waals surface area contributed by atoms with Crippen LogP contribution >= 0.6 is 0 Å². The molecule has 2 aromatic heterocycles. The van der Waals surface area contributed by atoms with Crippen molar-refractivity contribution >= 4 is 11.6 Å². The van der Waals surface area contributed by atoms with Gasteiger partial charge in [0.15, 0.2) is 0 Å². The van der Waals surface area contributed by atoms with Crippen LogP contribution in [0.5, 0.6) is 11.5 Å². The van der Waals surface area contributed by atoms with E-state index in [1.54, 1.807) is 11.8 Å². The van der Waals surface area contributed by atoms with E-state index in [1.165, 1.54) is 0 Å². The lowest BCUT2D eigenvalue weighted by molar-refractivity contribution is 0.340. The molecule has 1 aliphatic rings. The Morgan fingerprint density at radius 3 is 2.74 bits per heavy atom. The highest BCUT2D eigenvalue weighted by Gasteiger charge is 2.34. The Kier molecular flexibility index (Phi) is 4.58. The van der Waals surface area contributed by atoms with E-state index >= 15 is 0 Å². The molecule has 0 aliphatic carbocycles. The van der Waals surface area contributed by atoms with Gasteiger partial charge in [0, 0.05) is 11.1 Å². The summed E-state index contributed by atoms with van der Waals surface area (Å²) in [4.78, 5) is 12.7. The first kappa shape index (κ1) is 18.8. The quantitative estimate of drug-likeness (QED) is 0.448. The second kappa shape index (κ2) is 7.56. The molecule has 1 atom stereocenters. The molecular formula is C21H19N7O3. The maximum atomic E-state index is 12.7. The molecule has 2 aromatic carbocycles. The Labute approximate surface area is 176 Å². The average Bonchev–Trinajstić information content (AvgIpc) is 3.27. The van der Waals surface area contributed by atoms with Gasteiger partial charge in [0.25, 0.3) is 5.56 Å². The molecule has 0 saturated heterocycles. The maximum absolute atomic E-state index is 12.7. The molecule has 0 fully saturated rings. The zero-order valence-electron chi connectivity index (χ0n) is 16.9. The normalized spacial score (nSPS) is 14.3. The van der Waals surface area contributed by atoms with Crippen molar-refractivity contribution in [2.75, 3.05) is 19.0 Å². The van der Waals surface area contributed by atoms with Crippen LogP contribution in [0.4, 0.5) is 11.6 Å². The van der Waals surface area contributed by atoms with Crippen LogP contribution in [0.3, 0.4) is 0 Å². The molecule has 156 valence electrons. The molecule has 4 aromatic rings. The molecule has 0 spiro atoms. The van der Waals surface area contributed by atoms with Gasteiger partial charge in [-0.2, -0.15) is 9.78 Å². The molecule has 31 heavy (non-hydrogen) atoms. The number of anilines is 2. The van der Waals surface area contributed by atoms with E-state index in [0.29, 0.717) is 35.2 Å². The van der Waals surface area contributed by atoms with Crippen LogP contribution in [0.15, 0.2) is 53.3 Å². The highest BCUT2D eigenvalue weighted by molar-refractivity contribution is 5.76. The summed E-state index contributed by atoms with van der Waals surface area (Å²) in [5, 5.41) is 22.0. The van der Waals surface area contributed by atoms with Gasteiger partial charge in [0.1, 0.15) is 23.2 Å². The number of aromatic amines is 1. The smallest absolute Gasteiger partial charge is 0.288 e. The van der Waals surface area contributed by atoms with E-state index in [4.69, 9.17) is 9.47 Å². The molecule has 1 unspecified atom stereocenters. The number of H-pyrrole nitrogens is 1. The monoisotopic (exact) mass is 417 g/mol. The molecule has 0 amide bonds. The summed E-state index contributed by atoms with van der Waals surface area (Å²) in [5.41, 5.74) is 2.94. The zero-order valence-corrected chi connectivity index (χ0v) is 16.9. The molecule has 10 nitrogen and oxygen atoms in total. The Bertz CT molecular complexity index is 1300. The zero-order chi connectivity index (χ0) is 21.4. The summed E-state index contributed by atoms with van der Waals surface area (Å²) in [7, 11) is 1.60. The number of rotatable bonds is 5. The van der Waals surface area contributed by atoms with Crippen LogP contribution in [-0.2, 0) is 0 Å². The van der Waals surface area contributed by atoms with Gasteiger partial charge in [-0.05, 0) is 47.2 Å². The topological polar surface area (TPSA) is 120 Å². The highest BCUT2D eigenvalue weighted by atomic mass is 16.5. The summed E-state index contributed by atoms with van der Waals surface area (Å²) >= 11 is 0. The minimum absolute atomic E-state index is 0.355. The Hall–Kier alpha value is -4.21. The summed E-state index contributed by atoms with van der Waals surface area (Å²) in [5.74, 6) is 1.82. The third-order valence-electron chi connectivity index (χ3n) is 5.12. The number of ether oxygens (including phenoxy) is 2. The fourth-order valence-electron chi connectivity index (χ4n) is 3.75. The summed E-state index contributed by atoms with van der Waals surface area (Å²) < 4.78 is 12.6. The van der Waals surface area contributed by atoms with E-state index in [1.807, 2.05) is 55.5 Å². The van der Waals surface area contributed by atoms with Crippen molar-refractivity contribution in [2.24, 2.45) is 0 Å². The summed E-state index contributed by atoms with van der Waals surface area (Å²) in [6.45, 7) is 2.51. The SMILES string of the molecule is CCOc1ccc(C2c3c(-c4cccc(OC)c4)n[nH]c(=O)c3Nc3nnnn32)cc1. The van der Waals surface area contributed by atoms with Crippen molar-refractivity contribution < 1.29 is 9.47 Å². The fourth-order valence-corrected chi connectivity index (χ4v) is 3.75. The minimum atomic E-state index is -0.465. The molecule has 3 heterocycles. The molecular weight excluding hydrogens is 398 g/mol. The number of aromatic nitrogens is 6. The van der Waals surface area contributed by atoms with Gasteiger partial charge >= 0.3 is 0 Å². The third-order valence-corrected chi connectivity index (χ3v) is 5.12. The number of nitrogens with one attached hydrogen (secondary N) is 2. The molecule has 5 rings (SSSR count). The predicted octanol–water partition coefficient (Wildman–Crippen LogP) is 2.53. The van der Waals surface area contributed by atoms with Gasteiger partial charge in [0.05, 0.1) is 19.4 Å². The first-order valence-electron chi connectivity index (χ1n) is 9.74. The van der Waals surface area contributed by atoms with Crippen molar-refractivity contribution in [3.63, 3.8) is 0 Å². The molecule has 2 N–H and O–H groups in total. The number of hydrogen-bond donors (Lipinski definition) is 2. The molecule has 0 bridgehead atoms. The lowest BCUT2D eigenvalue weighted by Gasteiger charge is -2.28. The van der Waals surface area contributed by atoms with Gasteiger partial charge in [-0.1, -0.05) is 29.4 Å². The van der Waals surface area contributed by atoms with Gasteiger partial charge < -0.3 is 14.8 Å². The second-order valence-electron chi connectivity index (χ2n) is 6.90. The van der Waals surface area contributed by atoms with E-state index < -0.39 is 6.04 Å². The molecule has 0 saturated carbocycles. The standard InChI is InChI=1S/C21H19N7O3/c1-3-31-14-9-7-12(8-10-14)19-16-17(13-5-4-6-15(11-13)30-2)23-24-20(29)18(16)22-21-25-26-27-28(19)21/h4-11,19H,3H2,1-2H3,(H,24,29)(H,22,25,27). The number of nitrogens with zero attached hydrogens (tertiary/aromatic N) is 5. The van der Waals surface area contributed by atoms with Crippen molar-refractivity contribution in [1.29, 1.82) is 0 Å². The lowest BCUT2D eigenvalue weighted by atomic mass is 9.92. The first-order valence-corrected chi connectivity index (χ1v) is 9.74. The Morgan fingerprint density at radius 1 is 1.13 bits per heavy atom. The molecule has 0 radical (unpaired) electrons. The van der Waals surface area contributed by atoms with Crippen molar-refractivity contribution in [2.45, 2.75) is 13.0 Å². The van der Waals surface area contributed by atoms with Gasteiger partial charge in [-0.25, -0.2) is 5.10 Å². The maximum Gasteiger partial charge on any atom is 0.288 e. The van der Waals surface area contributed by atoms with Gasteiger partial charge in [-0.3, -0.25) is 4.79 Å². The molecule has 10 heteroatoms. The van der Waals surface area contributed by atoms with Crippen molar-refractivity contribution in [1.82, 2.24) is 30.4 Å². The van der Waals surface area contributed by atoms with E-state index in [-0.39, 0.29) is 5.56 Å². The van der Waals surface area contributed by atoms with Crippen LogP contribution < -0.4 is 20.3 Å². The highest BCUT2D eigenvalue weighted by Crippen LogP contribution is 2.41. The summed E-state index contributed by atoms with van der Waals surface area (Å²) in [6, 6.07) is 14.7. The van der Waals surface area contributed by atoms with Gasteiger partial charge in [0.2, 0.25) is 5.95 Å². The van der Waals surface area contributed by atoms with E-state index in [9.17, 15) is 4.79 Å². The minimum Gasteiger partial charge on any atom is -0.497 e. The Morgan fingerprint density at radius 2 is 1.97 bits per heavy atom. The Balaban J connectivity index is 1.74. The van der Waals surface area contributed by atoms with E-state index in [0.717, 1.165) is 16.9 Å².